The molecule has 0 bridgehead atoms. The molecule has 0 N–H and O–H groups in total. The summed E-state index contributed by atoms with van der Waals surface area (Å²) in [5.74, 6) is 0.858. The Labute approximate surface area is 216 Å². The van der Waals surface area contributed by atoms with Crippen molar-refractivity contribution in [2.45, 2.75) is 0 Å². The summed E-state index contributed by atoms with van der Waals surface area (Å²) < 4.78 is 4.54. The first-order chi connectivity index (χ1) is 18.8. The highest BCUT2D eigenvalue weighted by atomic mass is 15.1. The third-order valence-corrected chi connectivity index (χ3v) is 7.86. The van der Waals surface area contributed by atoms with E-state index in [1.807, 2.05) is 30.3 Å². The van der Waals surface area contributed by atoms with E-state index in [4.69, 9.17) is 16.5 Å². The molecule has 0 aliphatic carbocycles. The van der Waals surface area contributed by atoms with E-state index in [1.54, 1.807) is 0 Å². The Hall–Kier alpha value is -5.47. The zero-order chi connectivity index (χ0) is 25.0. The Kier molecular flexibility index (Phi) is 3.55. The highest BCUT2D eigenvalue weighted by Crippen LogP contribution is 2.46. The minimum absolute atomic E-state index is 0.297. The van der Waals surface area contributed by atoms with Gasteiger partial charge in [0.25, 0.3) is 0 Å². The van der Waals surface area contributed by atoms with Crippen LogP contribution in [-0.2, 0) is 0 Å². The summed E-state index contributed by atoms with van der Waals surface area (Å²) in [4.78, 5) is 13.6. The van der Waals surface area contributed by atoms with Gasteiger partial charge in [-0.3, -0.25) is 0 Å². The van der Waals surface area contributed by atoms with Gasteiger partial charge in [-0.1, -0.05) is 73.3 Å². The molecule has 38 heavy (non-hydrogen) atoms. The van der Waals surface area contributed by atoms with Crippen LogP contribution in [-0.4, -0.2) is 18.9 Å². The van der Waals surface area contributed by atoms with E-state index in [-0.39, 0.29) is 0 Å². The minimum atomic E-state index is 0.297. The molecule has 0 saturated carbocycles. The summed E-state index contributed by atoms with van der Waals surface area (Å²) in [6.07, 6.45) is 0. The number of hydrogen-bond donors (Lipinski definition) is 0. The molecule has 4 heterocycles. The molecule has 5 aromatic carbocycles. The van der Waals surface area contributed by atoms with Gasteiger partial charge in [0.2, 0.25) is 0 Å². The lowest BCUT2D eigenvalue weighted by Crippen LogP contribution is -2.00. The Morgan fingerprint density at radius 3 is 1.87 bits per heavy atom. The fourth-order valence-electron chi connectivity index (χ4n) is 6.40. The average molecular weight is 484 g/mol. The first-order valence-corrected chi connectivity index (χ1v) is 12.6. The normalized spacial score (nSPS) is 12.2. The monoisotopic (exact) mass is 483 g/mol. The fraction of sp³-hybridized carbons (Fsp3) is 0. The Bertz CT molecular complexity index is 2470. The molecule has 0 fully saturated rings. The van der Waals surface area contributed by atoms with Gasteiger partial charge in [0.05, 0.1) is 27.6 Å². The van der Waals surface area contributed by atoms with Crippen molar-refractivity contribution in [1.29, 1.82) is 0 Å². The van der Waals surface area contributed by atoms with Crippen LogP contribution in [0.3, 0.4) is 0 Å². The van der Waals surface area contributed by atoms with Crippen molar-refractivity contribution < 1.29 is 0 Å². The molecule has 5 heteroatoms. The lowest BCUT2D eigenvalue weighted by atomic mass is 10.0. The Balaban J connectivity index is 1.60. The van der Waals surface area contributed by atoms with Crippen molar-refractivity contribution in [1.82, 2.24) is 18.9 Å². The minimum Gasteiger partial charge on any atom is -0.358 e. The second-order valence-corrected chi connectivity index (χ2v) is 9.74. The summed E-state index contributed by atoms with van der Waals surface area (Å²) in [5, 5.41) is 7.18. The first kappa shape index (κ1) is 19.7. The van der Waals surface area contributed by atoms with Crippen LogP contribution in [0.4, 0.5) is 5.82 Å². The van der Waals surface area contributed by atoms with Gasteiger partial charge in [0, 0.05) is 32.3 Å². The molecule has 0 amide bonds. The Morgan fingerprint density at radius 1 is 0.553 bits per heavy atom. The van der Waals surface area contributed by atoms with E-state index in [9.17, 15) is 0 Å². The number of para-hydroxylation sites is 5. The summed E-state index contributed by atoms with van der Waals surface area (Å²) in [6.45, 7) is 7.98. The number of benzene rings is 5. The number of nitrogens with zero attached hydrogens (tertiary/aromatic N) is 5. The van der Waals surface area contributed by atoms with E-state index >= 15 is 0 Å². The van der Waals surface area contributed by atoms with Crippen LogP contribution in [0.2, 0.25) is 0 Å². The van der Waals surface area contributed by atoms with Gasteiger partial charge >= 0.3 is 5.82 Å². The zero-order valence-corrected chi connectivity index (χ0v) is 20.1. The predicted molar refractivity (Wildman–Crippen MR) is 155 cm³/mol. The van der Waals surface area contributed by atoms with Gasteiger partial charge < -0.3 is 13.8 Å². The maximum Gasteiger partial charge on any atom is 0.313 e. The molecule has 0 aliphatic heterocycles. The van der Waals surface area contributed by atoms with Crippen LogP contribution in [0.1, 0.15) is 0 Å². The van der Waals surface area contributed by atoms with Crippen LogP contribution in [0.15, 0.2) is 103 Å². The summed E-state index contributed by atoms with van der Waals surface area (Å²) in [6, 6.07) is 35.7. The largest absolute Gasteiger partial charge is 0.358 e. The summed E-state index contributed by atoms with van der Waals surface area (Å²) >= 11 is 0. The lowest BCUT2D eigenvalue weighted by Gasteiger charge is -2.09. The molecule has 0 spiro atoms. The first-order valence-electron chi connectivity index (χ1n) is 12.6. The van der Waals surface area contributed by atoms with Crippen LogP contribution in [0, 0.1) is 6.57 Å². The lowest BCUT2D eigenvalue weighted by molar-refractivity contribution is 1.09. The second-order valence-electron chi connectivity index (χ2n) is 9.74. The predicted octanol–water partition coefficient (Wildman–Crippen LogP) is 8.43. The van der Waals surface area contributed by atoms with Crippen LogP contribution in [0.5, 0.6) is 0 Å². The maximum atomic E-state index is 7.98. The molecule has 0 atom stereocenters. The number of hydrogen-bond acceptors (Lipinski definition) is 2. The highest BCUT2D eigenvalue weighted by molar-refractivity contribution is 6.35. The van der Waals surface area contributed by atoms with Crippen molar-refractivity contribution in [3.63, 3.8) is 0 Å². The van der Waals surface area contributed by atoms with Gasteiger partial charge in [-0.05, 0) is 36.4 Å². The zero-order valence-electron chi connectivity index (χ0n) is 20.1. The van der Waals surface area contributed by atoms with Gasteiger partial charge in [0.15, 0.2) is 11.3 Å². The molecule has 4 aromatic heterocycles. The molecule has 0 unspecified atom stereocenters. The van der Waals surface area contributed by atoms with Crippen LogP contribution in [0.25, 0.3) is 81.6 Å². The standard InChI is InChI=1S/C33H17N5/c1-34-32-33(36-24-14-6-5-13-23(24)35-32)38-27-17-9-3-11-20(27)29-28(38)18-22-19-10-2-7-15-25(19)37-26-16-8-4-12-21(26)30(29)31(22)37/h2-18H. The van der Waals surface area contributed by atoms with E-state index in [0.717, 1.165) is 27.5 Å². The molecule has 0 radical (unpaired) electrons. The van der Waals surface area contributed by atoms with Crippen molar-refractivity contribution in [3.8, 4) is 5.82 Å². The van der Waals surface area contributed by atoms with Crippen LogP contribution < -0.4 is 0 Å². The van der Waals surface area contributed by atoms with Crippen molar-refractivity contribution in [2.75, 3.05) is 0 Å². The topological polar surface area (TPSA) is 39.5 Å². The number of fused-ring (bicyclic) bond motifs is 11. The van der Waals surface area contributed by atoms with Gasteiger partial charge in [-0.15, -0.1) is 4.98 Å². The van der Waals surface area contributed by atoms with Gasteiger partial charge in [0.1, 0.15) is 5.52 Å². The average Bonchev–Trinajstić information content (AvgIpc) is 3.60. The third-order valence-electron chi connectivity index (χ3n) is 7.86. The summed E-state index contributed by atoms with van der Waals surface area (Å²) in [7, 11) is 0. The van der Waals surface area contributed by atoms with E-state index in [1.165, 1.54) is 43.5 Å². The van der Waals surface area contributed by atoms with Crippen molar-refractivity contribution in [3.05, 3.63) is 115 Å². The van der Waals surface area contributed by atoms with E-state index < -0.39 is 0 Å². The van der Waals surface area contributed by atoms with Gasteiger partial charge in [-0.2, -0.15) is 0 Å². The molecule has 9 aromatic rings. The SMILES string of the molecule is [C-]#[N+]c1nc2ccccc2nc1-n1c2ccccc2c2c3c4ccccc4n4c5ccccc5c(cc21)c34. The number of aromatic nitrogens is 4. The van der Waals surface area contributed by atoms with Crippen molar-refractivity contribution >= 4 is 76.8 Å². The van der Waals surface area contributed by atoms with E-state index in [0.29, 0.717) is 11.6 Å². The van der Waals surface area contributed by atoms with Gasteiger partial charge in [-0.25, -0.2) is 4.98 Å². The molecule has 0 saturated heterocycles. The molecular formula is C33H17N5. The smallest absolute Gasteiger partial charge is 0.313 e. The fourth-order valence-corrected chi connectivity index (χ4v) is 6.40. The molecule has 174 valence electrons. The molecular weight excluding hydrogens is 466 g/mol. The van der Waals surface area contributed by atoms with Crippen LogP contribution >= 0.6 is 0 Å². The molecule has 0 aliphatic rings. The maximum absolute atomic E-state index is 7.98. The molecule has 5 nitrogen and oxygen atoms in total. The third kappa shape index (κ3) is 2.26. The highest BCUT2D eigenvalue weighted by Gasteiger charge is 2.25. The quantitative estimate of drug-likeness (QED) is 0.220. The summed E-state index contributed by atoms with van der Waals surface area (Å²) in [5.41, 5.74) is 7.17. The molecule has 9 rings (SSSR count). The Morgan fingerprint density at radius 2 is 1.13 bits per heavy atom. The van der Waals surface area contributed by atoms with Crippen molar-refractivity contribution in [2.24, 2.45) is 0 Å². The number of rotatable bonds is 1. The van der Waals surface area contributed by atoms with E-state index in [2.05, 4.69) is 86.6 Å². The second kappa shape index (κ2) is 6.84.